The van der Waals surface area contributed by atoms with E-state index in [0.29, 0.717) is 30.1 Å². The number of rotatable bonds is 4. The Morgan fingerprint density at radius 3 is 2.79 bits per heavy atom. The first-order valence-electron chi connectivity index (χ1n) is 6.97. The lowest BCUT2D eigenvalue weighted by molar-refractivity contribution is 0.0518. The van der Waals surface area contributed by atoms with Crippen molar-refractivity contribution in [3.63, 3.8) is 0 Å². The first-order valence-corrected chi connectivity index (χ1v) is 6.97. The summed E-state index contributed by atoms with van der Waals surface area (Å²) in [5.74, 6) is 1.41. The van der Waals surface area contributed by atoms with Gasteiger partial charge >= 0.3 is 5.97 Å². The zero-order chi connectivity index (χ0) is 13.6. The number of hydrogen-bond acceptors (Lipinski definition) is 4. The van der Waals surface area contributed by atoms with Crippen LogP contribution in [-0.4, -0.2) is 35.6 Å². The lowest BCUT2D eigenvalue weighted by Gasteiger charge is -2.12. The monoisotopic (exact) mass is 264 g/mol. The van der Waals surface area contributed by atoms with Crippen molar-refractivity contribution in [3.05, 3.63) is 17.5 Å². The molecule has 1 unspecified atom stereocenters. The molecule has 1 saturated heterocycles. The van der Waals surface area contributed by atoms with Gasteiger partial charge < -0.3 is 9.47 Å². The van der Waals surface area contributed by atoms with Crippen molar-refractivity contribution in [1.82, 2.24) is 9.78 Å². The summed E-state index contributed by atoms with van der Waals surface area (Å²) in [6.07, 6.45) is 0. The molecule has 2 aliphatic rings. The van der Waals surface area contributed by atoms with Crippen LogP contribution in [0.25, 0.3) is 0 Å². The van der Waals surface area contributed by atoms with Crippen LogP contribution < -0.4 is 0 Å². The molecule has 0 amide bonds. The summed E-state index contributed by atoms with van der Waals surface area (Å²) in [6.45, 7) is 8.03. The quantitative estimate of drug-likeness (QED) is 0.780. The topological polar surface area (TPSA) is 53.4 Å². The Balaban J connectivity index is 1.88. The van der Waals surface area contributed by atoms with Gasteiger partial charge in [-0.3, -0.25) is 4.68 Å². The molecule has 5 nitrogen and oxygen atoms in total. The van der Waals surface area contributed by atoms with Crippen LogP contribution in [-0.2, 0) is 9.47 Å². The van der Waals surface area contributed by atoms with Crippen LogP contribution in [0.3, 0.4) is 0 Å². The Hall–Kier alpha value is -1.36. The van der Waals surface area contributed by atoms with Gasteiger partial charge in [-0.2, -0.15) is 5.10 Å². The van der Waals surface area contributed by atoms with Gasteiger partial charge in [0, 0.05) is 17.7 Å². The molecule has 19 heavy (non-hydrogen) atoms. The number of fused-ring (bicyclic) bond motifs is 1. The van der Waals surface area contributed by atoms with Gasteiger partial charge in [-0.25, -0.2) is 4.79 Å². The van der Waals surface area contributed by atoms with Crippen LogP contribution >= 0.6 is 0 Å². The summed E-state index contributed by atoms with van der Waals surface area (Å²) in [7, 11) is 0. The molecule has 104 valence electrons. The maximum absolute atomic E-state index is 11.8. The highest BCUT2D eigenvalue weighted by molar-refractivity contribution is 5.87. The number of ether oxygens (including phenoxy) is 2. The number of aromatic nitrogens is 2. The smallest absolute Gasteiger partial charge is 0.358 e. The Labute approximate surface area is 112 Å². The fourth-order valence-electron chi connectivity index (χ4n) is 3.05. The number of carbonyl (C=O) groups excluding carboxylic acids is 1. The molecule has 1 aliphatic carbocycles. The molecule has 3 atom stereocenters. The second kappa shape index (κ2) is 4.63. The lowest BCUT2D eigenvalue weighted by atomic mass is 10.2. The standard InChI is InChI=1S/C14H20N2O3/c1-4-19-14(17)11-5-12(16(15-11)8(2)3)13-9-6-18-7-10(9)13/h5,8-10,13H,4,6-7H2,1-3H3/t9-,10+,13?. The van der Waals surface area contributed by atoms with E-state index in [2.05, 4.69) is 18.9 Å². The van der Waals surface area contributed by atoms with E-state index in [-0.39, 0.29) is 12.0 Å². The van der Waals surface area contributed by atoms with Gasteiger partial charge in [0.1, 0.15) is 0 Å². The SMILES string of the molecule is CCOC(=O)c1cc(C2[C@H]3COC[C@@H]23)n(C(C)C)n1. The minimum atomic E-state index is -0.329. The van der Waals surface area contributed by atoms with Crippen LogP contribution in [0, 0.1) is 11.8 Å². The predicted molar refractivity (Wildman–Crippen MR) is 69.1 cm³/mol. The average molecular weight is 264 g/mol. The molecule has 1 aliphatic heterocycles. The summed E-state index contributed by atoms with van der Waals surface area (Å²) in [5.41, 5.74) is 1.59. The molecule has 0 radical (unpaired) electrons. The zero-order valence-electron chi connectivity index (χ0n) is 11.6. The van der Waals surface area contributed by atoms with E-state index < -0.39 is 0 Å². The van der Waals surface area contributed by atoms with E-state index in [1.54, 1.807) is 6.92 Å². The van der Waals surface area contributed by atoms with Crippen molar-refractivity contribution in [2.45, 2.75) is 32.7 Å². The van der Waals surface area contributed by atoms with Gasteiger partial charge in [0.15, 0.2) is 5.69 Å². The van der Waals surface area contributed by atoms with Crippen LogP contribution in [0.15, 0.2) is 6.07 Å². The van der Waals surface area contributed by atoms with Crippen LogP contribution in [0.2, 0.25) is 0 Å². The molecule has 2 fully saturated rings. The molecule has 1 saturated carbocycles. The van der Waals surface area contributed by atoms with Crippen LogP contribution in [0.5, 0.6) is 0 Å². The molecule has 0 N–H and O–H groups in total. The molecule has 0 bridgehead atoms. The molecule has 2 heterocycles. The van der Waals surface area contributed by atoms with Gasteiger partial charge in [0.25, 0.3) is 0 Å². The summed E-state index contributed by atoms with van der Waals surface area (Å²) in [5, 5.41) is 4.42. The van der Waals surface area contributed by atoms with E-state index in [1.807, 2.05) is 10.7 Å². The molecular formula is C14H20N2O3. The third kappa shape index (κ3) is 2.06. The molecule has 1 aromatic rings. The van der Waals surface area contributed by atoms with Crippen molar-refractivity contribution < 1.29 is 14.3 Å². The number of nitrogens with zero attached hydrogens (tertiary/aromatic N) is 2. The summed E-state index contributed by atoms with van der Waals surface area (Å²) in [4.78, 5) is 11.8. The highest BCUT2D eigenvalue weighted by atomic mass is 16.5. The minimum Gasteiger partial charge on any atom is -0.461 e. The van der Waals surface area contributed by atoms with Crippen molar-refractivity contribution in [1.29, 1.82) is 0 Å². The largest absolute Gasteiger partial charge is 0.461 e. The van der Waals surface area contributed by atoms with Crippen molar-refractivity contribution in [2.75, 3.05) is 19.8 Å². The van der Waals surface area contributed by atoms with Gasteiger partial charge in [-0.05, 0) is 38.7 Å². The Morgan fingerprint density at radius 1 is 1.53 bits per heavy atom. The number of esters is 1. The Bertz CT molecular complexity index is 485. The molecular weight excluding hydrogens is 244 g/mol. The zero-order valence-corrected chi connectivity index (χ0v) is 11.6. The molecule has 5 heteroatoms. The fraction of sp³-hybridized carbons (Fsp3) is 0.714. The second-order valence-electron chi connectivity index (χ2n) is 5.60. The second-order valence-corrected chi connectivity index (χ2v) is 5.60. The van der Waals surface area contributed by atoms with E-state index in [9.17, 15) is 4.79 Å². The van der Waals surface area contributed by atoms with E-state index >= 15 is 0 Å². The Morgan fingerprint density at radius 2 is 2.21 bits per heavy atom. The summed E-state index contributed by atoms with van der Waals surface area (Å²) < 4.78 is 12.4. The molecule has 0 aromatic carbocycles. The minimum absolute atomic E-state index is 0.250. The Kier molecular flexibility index (Phi) is 3.09. The average Bonchev–Trinajstić information content (AvgIpc) is 2.82. The van der Waals surface area contributed by atoms with Gasteiger partial charge in [0.2, 0.25) is 0 Å². The first-order chi connectivity index (χ1) is 9.13. The maximum Gasteiger partial charge on any atom is 0.358 e. The van der Waals surface area contributed by atoms with Gasteiger partial charge in [-0.15, -0.1) is 0 Å². The molecule has 3 rings (SSSR count). The predicted octanol–water partition coefficient (Wildman–Crippen LogP) is 2.00. The number of hydrogen-bond donors (Lipinski definition) is 0. The van der Waals surface area contributed by atoms with E-state index in [1.165, 1.54) is 0 Å². The van der Waals surface area contributed by atoms with Crippen molar-refractivity contribution in [2.24, 2.45) is 11.8 Å². The van der Waals surface area contributed by atoms with Crippen LogP contribution in [0.4, 0.5) is 0 Å². The molecule has 0 spiro atoms. The van der Waals surface area contributed by atoms with Gasteiger partial charge in [0.05, 0.1) is 19.8 Å². The van der Waals surface area contributed by atoms with Crippen LogP contribution in [0.1, 0.15) is 48.9 Å². The fourth-order valence-corrected chi connectivity index (χ4v) is 3.05. The van der Waals surface area contributed by atoms with E-state index in [0.717, 1.165) is 18.9 Å². The summed E-state index contributed by atoms with van der Waals surface area (Å²) in [6, 6.07) is 2.15. The molecule has 1 aromatic heterocycles. The number of carbonyl (C=O) groups is 1. The third-order valence-electron chi connectivity index (χ3n) is 4.03. The lowest BCUT2D eigenvalue weighted by Crippen LogP contribution is -2.11. The highest BCUT2D eigenvalue weighted by Gasteiger charge is 2.56. The normalized spacial score (nSPS) is 28.5. The van der Waals surface area contributed by atoms with Crippen molar-refractivity contribution >= 4 is 5.97 Å². The summed E-state index contributed by atoms with van der Waals surface area (Å²) >= 11 is 0. The third-order valence-corrected chi connectivity index (χ3v) is 4.03. The maximum atomic E-state index is 11.8. The van der Waals surface area contributed by atoms with Gasteiger partial charge in [-0.1, -0.05) is 0 Å². The van der Waals surface area contributed by atoms with E-state index in [4.69, 9.17) is 9.47 Å². The van der Waals surface area contributed by atoms with Crippen molar-refractivity contribution in [3.8, 4) is 0 Å². The first kappa shape index (κ1) is 12.7. The highest BCUT2D eigenvalue weighted by Crippen LogP contribution is 2.57.